The van der Waals surface area contributed by atoms with Crippen molar-refractivity contribution >= 4 is 33.3 Å². The van der Waals surface area contributed by atoms with Crippen molar-refractivity contribution in [2.24, 2.45) is 0 Å². The lowest BCUT2D eigenvalue weighted by molar-refractivity contribution is 1.10. The number of H-pyrrole nitrogens is 1. The molecule has 0 amide bonds. The third kappa shape index (κ3) is 2.42. The molecule has 0 saturated heterocycles. The number of nitrogen functional groups attached to an aromatic ring is 1. The Morgan fingerprint density at radius 2 is 1.85 bits per heavy atom. The fraction of sp³-hybridized carbons (Fsp3) is 0. The van der Waals surface area contributed by atoms with Crippen molar-refractivity contribution in [3.05, 3.63) is 52.2 Å². The van der Waals surface area contributed by atoms with E-state index in [9.17, 15) is 0 Å². The van der Waals surface area contributed by atoms with Gasteiger partial charge in [-0.3, -0.25) is 10.1 Å². The summed E-state index contributed by atoms with van der Waals surface area (Å²) >= 11 is 9.54. The summed E-state index contributed by atoms with van der Waals surface area (Å²) in [4.78, 5) is 4.02. The van der Waals surface area contributed by atoms with E-state index < -0.39 is 0 Å². The molecule has 4 nitrogen and oxygen atoms in total. The molecule has 0 bridgehead atoms. The molecule has 0 aliphatic heterocycles. The maximum Gasteiger partial charge on any atom is 0.153 e. The summed E-state index contributed by atoms with van der Waals surface area (Å²) in [7, 11) is 0. The topological polar surface area (TPSA) is 67.6 Å². The quantitative estimate of drug-likeness (QED) is 0.730. The van der Waals surface area contributed by atoms with Gasteiger partial charge in [-0.1, -0.05) is 27.5 Å². The molecule has 0 fully saturated rings. The van der Waals surface area contributed by atoms with Gasteiger partial charge in [0.05, 0.1) is 11.3 Å². The lowest BCUT2D eigenvalue weighted by atomic mass is 10.0. The zero-order valence-corrected chi connectivity index (χ0v) is 12.6. The summed E-state index contributed by atoms with van der Waals surface area (Å²) in [6.07, 6.45) is 3.44. The van der Waals surface area contributed by atoms with Gasteiger partial charge < -0.3 is 5.73 Å². The van der Waals surface area contributed by atoms with Crippen LogP contribution in [0.15, 0.2) is 47.2 Å². The van der Waals surface area contributed by atoms with Crippen LogP contribution in [-0.4, -0.2) is 15.2 Å². The Hall–Kier alpha value is -1.85. The Morgan fingerprint density at radius 1 is 1.10 bits per heavy atom. The van der Waals surface area contributed by atoms with Crippen LogP contribution >= 0.6 is 27.5 Å². The zero-order chi connectivity index (χ0) is 14.1. The summed E-state index contributed by atoms with van der Waals surface area (Å²) in [6, 6.07) is 9.44. The van der Waals surface area contributed by atoms with Crippen LogP contribution in [0.2, 0.25) is 5.02 Å². The SMILES string of the molecule is Nc1n[nH]c(-c2cc(Cl)cc(Br)c2)c1-c1ccncc1. The summed E-state index contributed by atoms with van der Waals surface area (Å²) < 4.78 is 0.897. The van der Waals surface area contributed by atoms with E-state index in [1.165, 1.54) is 0 Å². The van der Waals surface area contributed by atoms with Crippen LogP contribution in [-0.2, 0) is 0 Å². The number of halogens is 2. The third-order valence-electron chi connectivity index (χ3n) is 2.91. The fourth-order valence-electron chi connectivity index (χ4n) is 2.07. The highest BCUT2D eigenvalue weighted by atomic mass is 79.9. The van der Waals surface area contributed by atoms with E-state index in [0.717, 1.165) is 26.9 Å². The summed E-state index contributed by atoms with van der Waals surface area (Å²) in [5.41, 5.74) is 9.53. The molecule has 6 heteroatoms. The molecule has 2 aromatic heterocycles. The molecular weight excluding hydrogens is 340 g/mol. The van der Waals surface area contributed by atoms with Crippen molar-refractivity contribution in [1.82, 2.24) is 15.2 Å². The fourth-order valence-corrected chi connectivity index (χ4v) is 2.93. The number of nitrogens with one attached hydrogen (secondary N) is 1. The molecule has 3 aromatic rings. The van der Waals surface area contributed by atoms with E-state index in [1.54, 1.807) is 12.4 Å². The predicted molar refractivity (Wildman–Crippen MR) is 84.4 cm³/mol. The Morgan fingerprint density at radius 3 is 2.55 bits per heavy atom. The van der Waals surface area contributed by atoms with E-state index in [2.05, 4.69) is 31.1 Å². The van der Waals surface area contributed by atoms with Gasteiger partial charge >= 0.3 is 0 Å². The number of aromatic amines is 1. The van der Waals surface area contributed by atoms with Crippen LogP contribution in [0.3, 0.4) is 0 Å². The number of rotatable bonds is 2. The van der Waals surface area contributed by atoms with Crippen LogP contribution in [0, 0.1) is 0 Å². The number of anilines is 1. The first kappa shape index (κ1) is 13.1. The van der Waals surface area contributed by atoms with Gasteiger partial charge in [-0.15, -0.1) is 0 Å². The van der Waals surface area contributed by atoms with Gasteiger partial charge in [0.25, 0.3) is 0 Å². The smallest absolute Gasteiger partial charge is 0.153 e. The molecule has 0 atom stereocenters. The Bertz CT molecular complexity index is 735. The zero-order valence-electron chi connectivity index (χ0n) is 10.3. The highest BCUT2D eigenvalue weighted by Crippen LogP contribution is 2.36. The molecule has 3 rings (SSSR count). The molecule has 0 aliphatic carbocycles. The van der Waals surface area contributed by atoms with Gasteiger partial charge in [0.15, 0.2) is 5.82 Å². The second kappa shape index (κ2) is 5.26. The summed E-state index contributed by atoms with van der Waals surface area (Å²) in [5.74, 6) is 0.447. The van der Waals surface area contributed by atoms with E-state index in [4.69, 9.17) is 17.3 Å². The van der Waals surface area contributed by atoms with Gasteiger partial charge in [0.2, 0.25) is 0 Å². The molecule has 0 unspecified atom stereocenters. The highest BCUT2D eigenvalue weighted by Gasteiger charge is 2.15. The number of nitrogens with two attached hydrogens (primary N) is 1. The summed E-state index contributed by atoms with van der Waals surface area (Å²) in [5, 5.41) is 7.71. The van der Waals surface area contributed by atoms with Gasteiger partial charge in [-0.2, -0.15) is 5.10 Å². The normalized spacial score (nSPS) is 10.7. The summed E-state index contributed by atoms with van der Waals surface area (Å²) in [6.45, 7) is 0. The van der Waals surface area contributed by atoms with Crippen molar-refractivity contribution in [1.29, 1.82) is 0 Å². The van der Waals surface area contributed by atoms with E-state index in [0.29, 0.717) is 10.8 Å². The molecule has 0 radical (unpaired) electrons. The Balaban J connectivity index is 2.21. The van der Waals surface area contributed by atoms with Crippen LogP contribution in [0.5, 0.6) is 0 Å². The number of hydrogen-bond donors (Lipinski definition) is 2. The number of aromatic nitrogens is 3. The second-order valence-corrected chi connectivity index (χ2v) is 5.60. The van der Waals surface area contributed by atoms with Crippen LogP contribution in [0.25, 0.3) is 22.4 Å². The lowest BCUT2D eigenvalue weighted by Gasteiger charge is -2.06. The number of nitrogens with zero attached hydrogens (tertiary/aromatic N) is 2. The van der Waals surface area contributed by atoms with Crippen LogP contribution in [0.4, 0.5) is 5.82 Å². The van der Waals surface area contributed by atoms with E-state index >= 15 is 0 Å². The number of benzene rings is 1. The molecule has 2 heterocycles. The Kier molecular flexibility index (Phi) is 3.46. The first-order valence-corrected chi connectivity index (χ1v) is 7.03. The highest BCUT2D eigenvalue weighted by molar-refractivity contribution is 9.10. The molecule has 0 aliphatic rings. The van der Waals surface area contributed by atoms with E-state index in [1.807, 2.05) is 30.3 Å². The van der Waals surface area contributed by atoms with Crippen LogP contribution < -0.4 is 5.73 Å². The predicted octanol–water partition coefficient (Wildman–Crippen LogP) is 4.14. The standard InChI is InChI=1S/C14H10BrClN4/c15-10-5-9(6-11(16)7-10)13-12(14(17)20-19-13)8-1-3-18-4-2-8/h1-7H,(H3,17,19,20). The molecule has 0 saturated carbocycles. The molecule has 0 spiro atoms. The minimum Gasteiger partial charge on any atom is -0.382 e. The Labute approximate surface area is 129 Å². The van der Waals surface area contributed by atoms with Crippen molar-refractivity contribution in [2.45, 2.75) is 0 Å². The van der Waals surface area contributed by atoms with E-state index in [-0.39, 0.29) is 0 Å². The van der Waals surface area contributed by atoms with Gasteiger partial charge in [0.1, 0.15) is 0 Å². The number of hydrogen-bond acceptors (Lipinski definition) is 3. The van der Waals surface area contributed by atoms with Gasteiger partial charge in [-0.25, -0.2) is 0 Å². The molecule has 3 N–H and O–H groups in total. The average Bonchev–Trinajstić information content (AvgIpc) is 2.80. The van der Waals surface area contributed by atoms with Crippen molar-refractivity contribution in [3.63, 3.8) is 0 Å². The molecule has 100 valence electrons. The molecular formula is C14H10BrClN4. The monoisotopic (exact) mass is 348 g/mol. The average molecular weight is 350 g/mol. The second-order valence-electron chi connectivity index (χ2n) is 4.25. The first-order valence-electron chi connectivity index (χ1n) is 5.86. The first-order chi connectivity index (χ1) is 9.65. The maximum absolute atomic E-state index is 6.10. The van der Waals surface area contributed by atoms with Crippen LogP contribution in [0.1, 0.15) is 0 Å². The third-order valence-corrected chi connectivity index (χ3v) is 3.59. The van der Waals surface area contributed by atoms with Gasteiger partial charge in [-0.05, 0) is 35.9 Å². The van der Waals surface area contributed by atoms with Crippen molar-refractivity contribution in [2.75, 3.05) is 5.73 Å². The minimum absolute atomic E-state index is 0.447. The molecule has 20 heavy (non-hydrogen) atoms. The maximum atomic E-state index is 6.10. The molecule has 1 aromatic carbocycles. The lowest BCUT2D eigenvalue weighted by Crippen LogP contribution is -1.89. The number of pyridine rings is 1. The van der Waals surface area contributed by atoms with Crippen molar-refractivity contribution < 1.29 is 0 Å². The largest absolute Gasteiger partial charge is 0.382 e. The minimum atomic E-state index is 0.447. The van der Waals surface area contributed by atoms with Gasteiger partial charge in [0, 0.05) is 27.5 Å². The van der Waals surface area contributed by atoms with Crippen molar-refractivity contribution in [3.8, 4) is 22.4 Å².